The number of thiophene rings is 1. The molecular weight excluding hydrogens is 291 g/mol. The molecule has 4 heteroatoms. The Morgan fingerprint density at radius 1 is 1.31 bits per heavy atom. The number of carbonyl (C=O) groups is 1. The summed E-state index contributed by atoms with van der Waals surface area (Å²) in [6, 6.07) is 8.40. The average Bonchev–Trinajstić information content (AvgIpc) is 2.66. The van der Waals surface area contributed by atoms with Gasteiger partial charge in [0.1, 0.15) is 5.82 Å². The summed E-state index contributed by atoms with van der Waals surface area (Å²) in [7, 11) is 0. The van der Waals surface area contributed by atoms with E-state index in [0.717, 1.165) is 4.88 Å². The lowest BCUT2D eigenvalue weighted by Gasteiger charge is -2.00. The quantitative estimate of drug-likeness (QED) is 0.745. The van der Waals surface area contributed by atoms with Gasteiger partial charge < -0.3 is 0 Å². The van der Waals surface area contributed by atoms with E-state index >= 15 is 0 Å². The van der Waals surface area contributed by atoms with Gasteiger partial charge in [0.15, 0.2) is 5.78 Å². The highest BCUT2D eigenvalue weighted by atomic mass is 79.9. The van der Waals surface area contributed by atoms with Crippen molar-refractivity contribution in [1.29, 1.82) is 0 Å². The number of halogens is 2. The molecule has 1 aromatic carbocycles. The molecule has 0 unspecified atom stereocenters. The Kier molecular flexibility index (Phi) is 3.21. The minimum absolute atomic E-state index is 0.00812. The number of rotatable bonds is 2. The molecule has 2 rings (SSSR count). The number of Topliss-reactive ketones (excluding diaryl/α,β-unsaturated/α-hetero) is 1. The minimum Gasteiger partial charge on any atom is -0.294 e. The maximum Gasteiger partial charge on any atom is 0.169 e. The first-order chi connectivity index (χ1) is 7.58. The van der Waals surface area contributed by atoms with E-state index in [9.17, 15) is 9.18 Å². The van der Waals surface area contributed by atoms with Crippen LogP contribution in [-0.2, 0) is 0 Å². The third-order valence-corrected chi connectivity index (χ3v) is 3.86. The van der Waals surface area contributed by atoms with Gasteiger partial charge in [0.25, 0.3) is 0 Å². The van der Waals surface area contributed by atoms with E-state index in [2.05, 4.69) is 15.9 Å². The molecule has 1 heterocycles. The Bertz CT molecular complexity index is 548. The zero-order valence-corrected chi connectivity index (χ0v) is 10.9. The van der Waals surface area contributed by atoms with Gasteiger partial charge in [0.2, 0.25) is 0 Å². The molecule has 0 aliphatic heterocycles. The number of hydrogen-bond acceptors (Lipinski definition) is 2. The van der Waals surface area contributed by atoms with Gasteiger partial charge in [0.05, 0.1) is 4.88 Å². The van der Waals surface area contributed by atoms with Crippen LogP contribution in [0.2, 0.25) is 0 Å². The fourth-order valence-corrected chi connectivity index (χ4v) is 2.62. The Labute approximate surface area is 105 Å². The first kappa shape index (κ1) is 11.5. The second-order valence-corrected chi connectivity index (χ2v) is 5.34. The van der Waals surface area contributed by atoms with E-state index in [1.54, 1.807) is 24.3 Å². The Balaban J connectivity index is 2.46. The topological polar surface area (TPSA) is 17.1 Å². The SMILES string of the molecule is CC(=O)c1ccc(-c2ccc(Br)cc2F)s1. The minimum atomic E-state index is -0.286. The standard InChI is InChI=1S/C12H8BrFOS/c1-7(15)11-4-5-12(16-11)9-3-2-8(13)6-10(9)14/h2-6H,1H3. The van der Waals surface area contributed by atoms with Crippen molar-refractivity contribution in [3.05, 3.63) is 45.5 Å². The molecule has 2 aromatic rings. The van der Waals surface area contributed by atoms with Gasteiger partial charge in [0, 0.05) is 14.9 Å². The molecule has 0 radical (unpaired) electrons. The number of carbonyl (C=O) groups excluding carboxylic acids is 1. The summed E-state index contributed by atoms with van der Waals surface area (Å²) in [4.78, 5) is 12.6. The number of ketones is 1. The predicted molar refractivity (Wildman–Crippen MR) is 67.4 cm³/mol. The summed E-state index contributed by atoms with van der Waals surface area (Å²) in [6.07, 6.45) is 0. The van der Waals surface area contributed by atoms with Crippen molar-refractivity contribution in [2.24, 2.45) is 0 Å². The van der Waals surface area contributed by atoms with Gasteiger partial charge >= 0.3 is 0 Å². The third kappa shape index (κ3) is 2.23. The van der Waals surface area contributed by atoms with E-state index in [0.29, 0.717) is 14.9 Å². The molecule has 82 valence electrons. The van der Waals surface area contributed by atoms with E-state index in [1.807, 2.05) is 0 Å². The fourth-order valence-electron chi connectivity index (χ4n) is 1.36. The fraction of sp³-hybridized carbons (Fsp3) is 0.0833. The van der Waals surface area contributed by atoms with Crippen molar-refractivity contribution in [3.8, 4) is 10.4 Å². The molecule has 0 fully saturated rings. The van der Waals surface area contributed by atoms with Gasteiger partial charge in [-0.05, 0) is 37.3 Å². The third-order valence-electron chi connectivity index (χ3n) is 2.15. The predicted octanol–water partition coefficient (Wildman–Crippen LogP) is 4.52. The monoisotopic (exact) mass is 298 g/mol. The van der Waals surface area contributed by atoms with Crippen LogP contribution >= 0.6 is 27.3 Å². The Morgan fingerprint density at radius 2 is 2.06 bits per heavy atom. The van der Waals surface area contributed by atoms with Gasteiger partial charge in [-0.1, -0.05) is 15.9 Å². The van der Waals surface area contributed by atoms with E-state index < -0.39 is 0 Å². The van der Waals surface area contributed by atoms with Gasteiger partial charge in [-0.2, -0.15) is 0 Å². The highest BCUT2D eigenvalue weighted by molar-refractivity contribution is 9.10. The maximum atomic E-state index is 13.6. The van der Waals surface area contributed by atoms with Gasteiger partial charge in [-0.3, -0.25) is 4.79 Å². The van der Waals surface area contributed by atoms with Crippen molar-refractivity contribution >= 4 is 33.0 Å². The Hall–Kier alpha value is -1.00. The van der Waals surface area contributed by atoms with Crippen molar-refractivity contribution < 1.29 is 9.18 Å². The summed E-state index contributed by atoms with van der Waals surface area (Å²) >= 11 is 4.52. The lowest BCUT2D eigenvalue weighted by Crippen LogP contribution is -1.83. The normalized spacial score (nSPS) is 10.4. The molecule has 0 aliphatic rings. The van der Waals surface area contributed by atoms with Crippen LogP contribution in [0.5, 0.6) is 0 Å². The molecule has 0 amide bonds. The number of hydrogen-bond donors (Lipinski definition) is 0. The molecule has 0 saturated heterocycles. The highest BCUT2D eigenvalue weighted by Crippen LogP contribution is 2.31. The van der Waals surface area contributed by atoms with Crippen molar-refractivity contribution in [2.75, 3.05) is 0 Å². The zero-order chi connectivity index (χ0) is 11.7. The lowest BCUT2D eigenvalue weighted by molar-refractivity contribution is 0.102. The summed E-state index contributed by atoms with van der Waals surface area (Å²) in [6.45, 7) is 1.51. The first-order valence-electron chi connectivity index (χ1n) is 4.64. The van der Waals surface area contributed by atoms with E-state index in [4.69, 9.17) is 0 Å². The van der Waals surface area contributed by atoms with Crippen LogP contribution in [0.3, 0.4) is 0 Å². The molecule has 16 heavy (non-hydrogen) atoms. The molecule has 1 nitrogen and oxygen atoms in total. The molecular formula is C12H8BrFOS. The Morgan fingerprint density at radius 3 is 2.62 bits per heavy atom. The van der Waals surface area contributed by atoms with Gasteiger partial charge in [-0.15, -0.1) is 11.3 Å². The zero-order valence-electron chi connectivity index (χ0n) is 8.46. The van der Waals surface area contributed by atoms with Crippen molar-refractivity contribution in [2.45, 2.75) is 6.92 Å². The van der Waals surface area contributed by atoms with Crippen LogP contribution in [0, 0.1) is 5.82 Å². The number of benzene rings is 1. The molecule has 0 spiro atoms. The first-order valence-corrected chi connectivity index (χ1v) is 6.25. The largest absolute Gasteiger partial charge is 0.294 e. The summed E-state index contributed by atoms with van der Waals surface area (Å²) in [5.74, 6) is -0.278. The maximum absolute atomic E-state index is 13.6. The molecule has 0 bridgehead atoms. The van der Waals surface area contributed by atoms with Crippen LogP contribution in [0.25, 0.3) is 10.4 Å². The summed E-state index contributed by atoms with van der Waals surface area (Å²) in [5.41, 5.74) is 0.528. The summed E-state index contributed by atoms with van der Waals surface area (Å²) in [5, 5.41) is 0. The molecule has 0 aliphatic carbocycles. The highest BCUT2D eigenvalue weighted by Gasteiger charge is 2.10. The molecule has 0 atom stereocenters. The molecule has 0 N–H and O–H groups in total. The van der Waals surface area contributed by atoms with Crippen LogP contribution in [-0.4, -0.2) is 5.78 Å². The van der Waals surface area contributed by atoms with E-state index in [1.165, 1.54) is 24.3 Å². The van der Waals surface area contributed by atoms with Crippen LogP contribution in [0.15, 0.2) is 34.8 Å². The second-order valence-electron chi connectivity index (χ2n) is 3.34. The second kappa shape index (κ2) is 4.47. The van der Waals surface area contributed by atoms with Crippen LogP contribution < -0.4 is 0 Å². The molecule has 0 saturated carbocycles. The van der Waals surface area contributed by atoms with Crippen LogP contribution in [0.1, 0.15) is 16.6 Å². The van der Waals surface area contributed by atoms with Crippen molar-refractivity contribution in [1.82, 2.24) is 0 Å². The molecule has 1 aromatic heterocycles. The van der Waals surface area contributed by atoms with Crippen LogP contribution in [0.4, 0.5) is 4.39 Å². The smallest absolute Gasteiger partial charge is 0.169 e. The van der Waals surface area contributed by atoms with Crippen molar-refractivity contribution in [3.63, 3.8) is 0 Å². The average molecular weight is 299 g/mol. The van der Waals surface area contributed by atoms with E-state index in [-0.39, 0.29) is 11.6 Å². The van der Waals surface area contributed by atoms with Gasteiger partial charge in [-0.25, -0.2) is 4.39 Å². The lowest BCUT2D eigenvalue weighted by atomic mass is 10.2. The summed E-state index contributed by atoms with van der Waals surface area (Å²) < 4.78 is 14.3.